The fraction of sp³-hybridized carbons (Fsp3) is 0.263. The number of nitro benzene ring substituents is 1. The molecule has 1 aliphatic heterocycles. The largest absolute Gasteiger partial charge is 0.367 e. The van der Waals surface area contributed by atoms with Gasteiger partial charge in [0.15, 0.2) is 5.11 Å². The Morgan fingerprint density at radius 3 is 2.36 bits per heavy atom. The fourth-order valence-electron chi connectivity index (χ4n) is 2.97. The third-order valence-corrected chi connectivity index (χ3v) is 5.25. The first-order chi connectivity index (χ1) is 13.3. The maximum Gasteiger partial charge on any atom is 0.271 e. The number of hydrogen-bond donors (Lipinski definition) is 1. The molecular weight excluding hydrogens is 400 g/mol. The second-order valence-corrected chi connectivity index (χ2v) is 7.29. The molecule has 0 saturated carbocycles. The molecule has 1 saturated heterocycles. The Balaban J connectivity index is 1.57. The molecule has 2 aromatic carbocycles. The number of halogens is 1. The van der Waals surface area contributed by atoms with Crippen molar-refractivity contribution in [3.05, 3.63) is 68.7 Å². The monoisotopic (exact) mass is 418 g/mol. The zero-order valence-electron chi connectivity index (χ0n) is 15.2. The van der Waals surface area contributed by atoms with E-state index in [0.717, 1.165) is 11.3 Å². The molecule has 146 valence electrons. The zero-order valence-corrected chi connectivity index (χ0v) is 16.8. The van der Waals surface area contributed by atoms with Crippen LogP contribution in [0.15, 0.2) is 42.5 Å². The molecule has 28 heavy (non-hydrogen) atoms. The summed E-state index contributed by atoms with van der Waals surface area (Å²) in [6.45, 7) is 4.46. The number of carbonyl (C=O) groups is 1. The van der Waals surface area contributed by atoms with Gasteiger partial charge in [-0.05, 0) is 37.3 Å². The molecule has 2 aromatic rings. The molecule has 0 atom stereocenters. The quantitative estimate of drug-likeness (QED) is 0.467. The number of nitrogens with zero attached hydrogens (tertiary/aromatic N) is 3. The maximum atomic E-state index is 12.3. The minimum Gasteiger partial charge on any atom is -0.367 e. The third kappa shape index (κ3) is 4.58. The highest BCUT2D eigenvalue weighted by molar-refractivity contribution is 7.80. The first-order valence-electron chi connectivity index (χ1n) is 8.71. The third-order valence-electron chi connectivity index (χ3n) is 4.58. The van der Waals surface area contributed by atoms with Crippen LogP contribution in [0.4, 0.5) is 11.4 Å². The van der Waals surface area contributed by atoms with E-state index < -0.39 is 4.92 Å². The first-order valence-corrected chi connectivity index (χ1v) is 9.49. The normalized spacial score (nSPS) is 13.9. The van der Waals surface area contributed by atoms with E-state index in [2.05, 4.69) is 5.32 Å². The molecule has 0 bridgehead atoms. The highest BCUT2D eigenvalue weighted by Crippen LogP contribution is 2.30. The Hall–Kier alpha value is -2.71. The molecule has 0 unspecified atom stereocenters. The summed E-state index contributed by atoms with van der Waals surface area (Å²) in [5, 5.41) is 14.3. The van der Waals surface area contributed by atoms with Gasteiger partial charge in [-0.25, -0.2) is 0 Å². The number of aryl methyl sites for hydroxylation is 1. The molecule has 1 aliphatic rings. The van der Waals surface area contributed by atoms with Crippen LogP contribution in [0.1, 0.15) is 15.9 Å². The van der Waals surface area contributed by atoms with Gasteiger partial charge in [0.2, 0.25) is 0 Å². The van der Waals surface area contributed by atoms with Crippen molar-refractivity contribution in [2.24, 2.45) is 0 Å². The number of carbonyl (C=O) groups excluding carboxylic acids is 1. The molecule has 1 amide bonds. The molecule has 0 aromatic heterocycles. The Kier molecular flexibility index (Phi) is 6.11. The van der Waals surface area contributed by atoms with Gasteiger partial charge in [-0.3, -0.25) is 20.2 Å². The summed E-state index contributed by atoms with van der Waals surface area (Å²) in [7, 11) is 0. The van der Waals surface area contributed by atoms with Crippen LogP contribution in [0, 0.1) is 17.0 Å². The summed E-state index contributed by atoms with van der Waals surface area (Å²) >= 11 is 11.6. The van der Waals surface area contributed by atoms with Crippen molar-refractivity contribution in [3.63, 3.8) is 0 Å². The van der Waals surface area contributed by atoms with Gasteiger partial charge in [-0.1, -0.05) is 29.3 Å². The fourth-order valence-corrected chi connectivity index (χ4v) is 3.54. The lowest BCUT2D eigenvalue weighted by Crippen LogP contribution is -2.52. The van der Waals surface area contributed by atoms with E-state index in [1.165, 1.54) is 12.1 Å². The lowest BCUT2D eigenvalue weighted by molar-refractivity contribution is -0.384. The van der Waals surface area contributed by atoms with Crippen LogP contribution in [0.2, 0.25) is 5.02 Å². The van der Waals surface area contributed by atoms with Gasteiger partial charge in [-0.15, -0.1) is 0 Å². The van der Waals surface area contributed by atoms with Crippen LogP contribution in [0.25, 0.3) is 0 Å². The van der Waals surface area contributed by atoms with Crippen molar-refractivity contribution in [2.45, 2.75) is 6.92 Å². The van der Waals surface area contributed by atoms with Crippen molar-refractivity contribution in [1.82, 2.24) is 10.2 Å². The van der Waals surface area contributed by atoms with Gasteiger partial charge in [0.25, 0.3) is 11.6 Å². The number of nitro groups is 1. The number of amides is 1. The summed E-state index contributed by atoms with van der Waals surface area (Å²) < 4.78 is 0. The molecule has 0 radical (unpaired) electrons. The number of rotatable bonds is 3. The van der Waals surface area contributed by atoms with E-state index in [-0.39, 0.29) is 11.6 Å². The number of hydrogen-bond acceptors (Lipinski definition) is 5. The standard InChI is InChI=1S/C19H19ClN4O3S/c1-13-2-4-14(5-3-13)18(25)21-19(28)23-10-8-22(9-11-23)17-7-6-15(24(26)27)12-16(17)20/h2-7,12H,8-11H2,1H3,(H,21,25,28). The van der Waals surface area contributed by atoms with Crippen molar-refractivity contribution >= 4 is 46.2 Å². The minimum atomic E-state index is -0.469. The number of benzene rings is 2. The van der Waals surface area contributed by atoms with E-state index >= 15 is 0 Å². The summed E-state index contributed by atoms with van der Waals surface area (Å²) in [5.74, 6) is -0.231. The predicted molar refractivity (Wildman–Crippen MR) is 113 cm³/mol. The smallest absolute Gasteiger partial charge is 0.271 e. The van der Waals surface area contributed by atoms with Gasteiger partial charge in [0.05, 0.1) is 15.6 Å². The van der Waals surface area contributed by atoms with E-state index in [0.29, 0.717) is 41.9 Å². The molecule has 1 heterocycles. The van der Waals surface area contributed by atoms with Crippen molar-refractivity contribution in [2.75, 3.05) is 31.1 Å². The molecule has 0 aliphatic carbocycles. The van der Waals surface area contributed by atoms with Crippen LogP contribution in [0.5, 0.6) is 0 Å². The number of anilines is 1. The molecule has 3 rings (SSSR count). The highest BCUT2D eigenvalue weighted by atomic mass is 35.5. The van der Waals surface area contributed by atoms with Crippen molar-refractivity contribution < 1.29 is 9.72 Å². The average molecular weight is 419 g/mol. The SMILES string of the molecule is Cc1ccc(C(=O)NC(=S)N2CCN(c3ccc([N+](=O)[O-])cc3Cl)CC2)cc1. The van der Waals surface area contributed by atoms with E-state index in [1.54, 1.807) is 18.2 Å². The van der Waals surface area contributed by atoms with Crippen LogP contribution in [-0.2, 0) is 0 Å². The van der Waals surface area contributed by atoms with Gasteiger partial charge < -0.3 is 9.80 Å². The molecule has 1 N–H and O–H groups in total. The summed E-state index contributed by atoms with van der Waals surface area (Å²) in [4.78, 5) is 26.7. The number of nitrogens with one attached hydrogen (secondary N) is 1. The van der Waals surface area contributed by atoms with E-state index in [4.69, 9.17) is 23.8 Å². The van der Waals surface area contributed by atoms with Crippen LogP contribution < -0.4 is 10.2 Å². The Morgan fingerprint density at radius 1 is 1.14 bits per heavy atom. The minimum absolute atomic E-state index is 0.0348. The van der Waals surface area contributed by atoms with Crippen molar-refractivity contribution in [1.29, 1.82) is 0 Å². The molecule has 7 nitrogen and oxygen atoms in total. The second-order valence-electron chi connectivity index (χ2n) is 6.49. The lowest BCUT2D eigenvalue weighted by Gasteiger charge is -2.37. The number of piperazine rings is 1. The maximum absolute atomic E-state index is 12.3. The van der Waals surface area contributed by atoms with E-state index in [9.17, 15) is 14.9 Å². The Labute approximate surface area is 173 Å². The van der Waals surface area contributed by atoms with Crippen LogP contribution in [-0.4, -0.2) is 47.0 Å². The average Bonchev–Trinajstić information content (AvgIpc) is 2.68. The lowest BCUT2D eigenvalue weighted by atomic mass is 10.1. The summed E-state index contributed by atoms with van der Waals surface area (Å²) in [5.41, 5.74) is 2.36. The zero-order chi connectivity index (χ0) is 20.3. The molecule has 0 spiro atoms. The Bertz CT molecular complexity index is 912. The van der Waals surface area contributed by atoms with Crippen LogP contribution >= 0.6 is 23.8 Å². The summed E-state index contributed by atoms with van der Waals surface area (Å²) in [6.07, 6.45) is 0. The number of thiocarbonyl (C=S) groups is 1. The van der Waals surface area contributed by atoms with Gasteiger partial charge in [-0.2, -0.15) is 0 Å². The highest BCUT2D eigenvalue weighted by Gasteiger charge is 2.22. The van der Waals surface area contributed by atoms with Gasteiger partial charge >= 0.3 is 0 Å². The van der Waals surface area contributed by atoms with Gasteiger partial charge in [0.1, 0.15) is 0 Å². The van der Waals surface area contributed by atoms with Crippen LogP contribution in [0.3, 0.4) is 0 Å². The van der Waals surface area contributed by atoms with Gasteiger partial charge in [0, 0.05) is 43.9 Å². The topological polar surface area (TPSA) is 78.7 Å². The van der Waals surface area contributed by atoms with Crippen molar-refractivity contribution in [3.8, 4) is 0 Å². The summed E-state index contributed by atoms with van der Waals surface area (Å²) in [6, 6.07) is 11.8. The second kappa shape index (κ2) is 8.53. The molecule has 1 fully saturated rings. The van der Waals surface area contributed by atoms with E-state index in [1.807, 2.05) is 28.9 Å². The predicted octanol–water partition coefficient (Wildman–Crippen LogP) is 3.39. The molecule has 9 heteroatoms. The Morgan fingerprint density at radius 2 is 1.79 bits per heavy atom. The number of non-ortho nitro benzene ring substituents is 1. The molecular formula is C19H19ClN4O3S. The first kappa shape index (κ1) is 20.0.